The van der Waals surface area contributed by atoms with E-state index in [0.717, 1.165) is 11.6 Å². The summed E-state index contributed by atoms with van der Waals surface area (Å²) in [6, 6.07) is 2.07. The van der Waals surface area contributed by atoms with Gasteiger partial charge in [0.25, 0.3) is 0 Å². The molecule has 0 aliphatic heterocycles. The second-order valence-electron chi connectivity index (χ2n) is 5.62. The molecule has 1 aromatic heterocycles. The maximum Gasteiger partial charge on any atom is 0.123 e. The molecule has 15 heavy (non-hydrogen) atoms. The summed E-state index contributed by atoms with van der Waals surface area (Å²) in [5.41, 5.74) is 9.94. The summed E-state index contributed by atoms with van der Waals surface area (Å²) in [5, 5.41) is 0. The van der Waals surface area contributed by atoms with Crippen LogP contribution in [0.5, 0.6) is 0 Å². The average Bonchev–Trinajstić information content (AvgIpc) is 2.80. The minimum Gasteiger partial charge on any atom is -0.384 e. The second-order valence-corrected chi connectivity index (χ2v) is 5.62. The average molecular weight is 204 g/mol. The van der Waals surface area contributed by atoms with Gasteiger partial charge in [-0.15, -0.1) is 0 Å². The highest BCUT2D eigenvalue weighted by atomic mass is 14.8. The van der Waals surface area contributed by atoms with Crippen LogP contribution in [0.3, 0.4) is 0 Å². The Morgan fingerprint density at radius 1 is 1.33 bits per heavy atom. The van der Waals surface area contributed by atoms with Crippen molar-refractivity contribution < 1.29 is 0 Å². The highest BCUT2D eigenvalue weighted by Gasteiger charge is 2.31. The molecule has 0 spiro atoms. The van der Waals surface area contributed by atoms with Gasteiger partial charge in [0.1, 0.15) is 5.82 Å². The van der Waals surface area contributed by atoms with E-state index in [2.05, 4.69) is 38.7 Å². The Labute approximate surface area is 91.9 Å². The molecule has 1 heterocycles. The quantitative estimate of drug-likeness (QED) is 0.763. The van der Waals surface area contributed by atoms with Gasteiger partial charge in [-0.25, -0.2) is 4.98 Å². The monoisotopic (exact) mass is 204 g/mol. The molecule has 2 nitrogen and oxygen atoms in total. The lowest BCUT2D eigenvalue weighted by Gasteiger charge is -2.25. The lowest BCUT2D eigenvalue weighted by atomic mass is 9.81. The van der Waals surface area contributed by atoms with E-state index in [4.69, 9.17) is 5.73 Å². The summed E-state index contributed by atoms with van der Waals surface area (Å²) in [6.45, 7) is 8.82. The first-order valence-electron chi connectivity index (χ1n) is 5.67. The van der Waals surface area contributed by atoms with Crippen LogP contribution in [0.4, 0.5) is 5.82 Å². The number of nitrogens with zero attached hydrogens (tertiary/aromatic N) is 1. The van der Waals surface area contributed by atoms with Crippen LogP contribution in [-0.2, 0) is 5.41 Å². The van der Waals surface area contributed by atoms with Gasteiger partial charge in [-0.1, -0.05) is 20.8 Å². The molecule has 1 saturated carbocycles. The Hall–Kier alpha value is -1.05. The van der Waals surface area contributed by atoms with Gasteiger partial charge < -0.3 is 5.73 Å². The molecular weight excluding hydrogens is 184 g/mol. The molecule has 2 N–H and O–H groups in total. The molecule has 1 aliphatic carbocycles. The molecular formula is C13H20N2. The zero-order chi connectivity index (χ0) is 11.2. The van der Waals surface area contributed by atoms with Gasteiger partial charge >= 0.3 is 0 Å². The van der Waals surface area contributed by atoms with Crippen LogP contribution in [0.15, 0.2) is 6.07 Å². The molecule has 0 bridgehead atoms. The Balaban J connectivity index is 2.59. The number of nitrogens with two attached hydrogens (primary N) is 1. The van der Waals surface area contributed by atoms with Crippen LogP contribution in [0.2, 0.25) is 0 Å². The topological polar surface area (TPSA) is 38.9 Å². The number of hydrogen-bond donors (Lipinski definition) is 1. The first-order valence-corrected chi connectivity index (χ1v) is 5.67. The zero-order valence-electron chi connectivity index (χ0n) is 10.1. The van der Waals surface area contributed by atoms with Crippen molar-refractivity contribution in [3.8, 4) is 0 Å². The number of hydrogen-bond acceptors (Lipinski definition) is 2. The first-order chi connectivity index (χ1) is 6.89. The van der Waals surface area contributed by atoms with Crippen LogP contribution >= 0.6 is 0 Å². The van der Waals surface area contributed by atoms with Gasteiger partial charge in [-0.05, 0) is 48.3 Å². The van der Waals surface area contributed by atoms with Crippen molar-refractivity contribution in [2.45, 2.75) is 51.9 Å². The van der Waals surface area contributed by atoms with Crippen LogP contribution in [0.1, 0.15) is 56.4 Å². The van der Waals surface area contributed by atoms with Gasteiger partial charge in [0, 0.05) is 5.69 Å². The van der Waals surface area contributed by atoms with Crippen molar-refractivity contribution in [3.05, 3.63) is 22.9 Å². The summed E-state index contributed by atoms with van der Waals surface area (Å²) < 4.78 is 0. The lowest BCUT2D eigenvalue weighted by molar-refractivity contribution is 0.574. The summed E-state index contributed by atoms with van der Waals surface area (Å²) in [7, 11) is 0. The van der Waals surface area contributed by atoms with E-state index in [-0.39, 0.29) is 5.41 Å². The number of anilines is 1. The molecule has 0 unspecified atom stereocenters. The number of aromatic nitrogens is 1. The van der Waals surface area contributed by atoms with Gasteiger partial charge in [-0.2, -0.15) is 0 Å². The van der Waals surface area contributed by atoms with Crippen LogP contribution in [0, 0.1) is 6.92 Å². The Morgan fingerprint density at radius 3 is 2.40 bits per heavy atom. The van der Waals surface area contributed by atoms with Crippen molar-refractivity contribution in [2.24, 2.45) is 0 Å². The molecule has 82 valence electrons. The molecule has 0 saturated heterocycles. The third kappa shape index (κ3) is 1.99. The van der Waals surface area contributed by atoms with Crippen LogP contribution in [0.25, 0.3) is 0 Å². The fraction of sp³-hybridized carbons (Fsp3) is 0.615. The van der Waals surface area contributed by atoms with Crippen LogP contribution < -0.4 is 5.73 Å². The molecule has 0 aromatic carbocycles. The molecule has 1 aromatic rings. The van der Waals surface area contributed by atoms with Crippen LogP contribution in [-0.4, -0.2) is 4.98 Å². The number of aryl methyl sites for hydroxylation is 1. The van der Waals surface area contributed by atoms with E-state index in [1.54, 1.807) is 0 Å². The van der Waals surface area contributed by atoms with E-state index in [0.29, 0.717) is 5.82 Å². The van der Waals surface area contributed by atoms with Gasteiger partial charge in [0.2, 0.25) is 0 Å². The number of nitrogen functional groups attached to an aromatic ring is 1. The Morgan fingerprint density at radius 2 is 1.93 bits per heavy atom. The normalized spacial score (nSPS) is 16.8. The molecule has 0 atom stereocenters. The van der Waals surface area contributed by atoms with E-state index in [9.17, 15) is 0 Å². The van der Waals surface area contributed by atoms with Gasteiger partial charge in [0.05, 0.1) is 0 Å². The minimum absolute atomic E-state index is 0.169. The van der Waals surface area contributed by atoms with Gasteiger partial charge in [-0.3, -0.25) is 0 Å². The van der Waals surface area contributed by atoms with E-state index < -0.39 is 0 Å². The first kappa shape index (κ1) is 10.5. The van der Waals surface area contributed by atoms with Crippen molar-refractivity contribution in [1.82, 2.24) is 4.98 Å². The molecule has 1 aliphatic rings. The molecule has 0 radical (unpaired) electrons. The van der Waals surface area contributed by atoms with E-state index in [1.807, 2.05) is 0 Å². The second kappa shape index (κ2) is 3.22. The summed E-state index contributed by atoms with van der Waals surface area (Å²) in [5.74, 6) is 1.41. The maximum atomic E-state index is 5.83. The predicted octanol–water partition coefficient (Wildman–Crippen LogP) is 3.15. The fourth-order valence-electron chi connectivity index (χ4n) is 2.41. The summed E-state index contributed by atoms with van der Waals surface area (Å²) >= 11 is 0. The van der Waals surface area contributed by atoms with Crippen molar-refractivity contribution in [2.75, 3.05) is 5.73 Å². The smallest absolute Gasteiger partial charge is 0.123 e. The van der Waals surface area contributed by atoms with Crippen molar-refractivity contribution >= 4 is 5.82 Å². The summed E-state index contributed by atoms with van der Waals surface area (Å²) in [6.07, 6.45) is 2.62. The predicted molar refractivity (Wildman–Crippen MR) is 64.1 cm³/mol. The standard InChI is InChI=1S/C13H20N2/c1-8-12(13(2,3)4)10(9-5-6-9)7-11(14)15-8/h7,9H,5-6H2,1-4H3,(H2,14,15). The molecule has 2 rings (SSSR count). The molecule has 1 fully saturated rings. The fourth-order valence-corrected chi connectivity index (χ4v) is 2.41. The third-order valence-corrected chi connectivity index (χ3v) is 3.02. The molecule has 0 amide bonds. The largest absolute Gasteiger partial charge is 0.384 e. The third-order valence-electron chi connectivity index (χ3n) is 3.02. The summed E-state index contributed by atoms with van der Waals surface area (Å²) in [4.78, 5) is 4.39. The van der Waals surface area contributed by atoms with E-state index >= 15 is 0 Å². The zero-order valence-corrected chi connectivity index (χ0v) is 10.1. The van der Waals surface area contributed by atoms with E-state index in [1.165, 1.54) is 24.0 Å². The Bertz CT molecular complexity index is 384. The van der Waals surface area contributed by atoms with Crippen molar-refractivity contribution in [3.63, 3.8) is 0 Å². The highest BCUT2D eigenvalue weighted by Crippen LogP contribution is 2.45. The lowest BCUT2D eigenvalue weighted by Crippen LogP contribution is -2.17. The highest BCUT2D eigenvalue weighted by molar-refractivity contribution is 5.47. The SMILES string of the molecule is Cc1nc(N)cc(C2CC2)c1C(C)(C)C. The maximum absolute atomic E-state index is 5.83. The van der Waals surface area contributed by atoms with Crippen molar-refractivity contribution in [1.29, 1.82) is 0 Å². The Kier molecular flexibility index (Phi) is 2.25. The number of pyridine rings is 1. The van der Waals surface area contributed by atoms with Gasteiger partial charge in [0.15, 0.2) is 0 Å². The number of rotatable bonds is 1. The molecule has 2 heteroatoms. The minimum atomic E-state index is 0.169.